The van der Waals surface area contributed by atoms with E-state index in [1.165, 1.54) is 18.4 Å². The van der Waals surface area contributed by atoms with Gasteiger partial charge in [-0.1, -0.05) is 30.3 Å². The molecule has 5 nitrogen and oxygen atoms in total. The summed E-state index contributed by atoms with van der Waals surface area (Å²) in [4.78, 5) is 7.61. The third-order valence-corrected chi connectivity index (χ3v) is 6.18. The highest BCUT2D eigenvalue weighted by molar-refractivity contribution is 5.33. The zero-order valence-electron chi connectivity index (χ0n) is 17.2. The SMILES string of the molecule is OCCN1CCN(C2CCN(Cc3cccc(Oc4ccccc4)c3)CC2)CC1. The Morgan fingerprint density at radius 1 is 0.793 bits per heavy atom. The Morgan fingerprint density at radius 3 is 2.24 bits per heavy atom. The van der Waals surface area contributed by atoms with Gasteiger partial charge in [0, 0.05) is 45.3 Å². The number of piperidine rings is 1. The van der Waals surface area contributed by atoms with E-state index in [1.54, 1.807) is 0 Å². The summed E-state index contributed by atoms with van der Waals surface area (Å²) in [5, 5.41) is 9.11. The molecule has 2 heterocycles. The fourth-order valence-corrected chi connectivity index (χ4v) is 4.53. The Balaban J connectivity index is 1.24. The standard InChI is InChI=1S/C24H33N3O2/c28-18-17-25-13-15-27(16-14-25)22-9-11-26(12-10-22)20-21-5-4-8-24(19-21)29-23-6-2-1-3-7-23/h1-8,19,22,28H,9-18,20H2. The smallest absolute Gasteiger partial charge is 0.127 e. The number of hydrogen-bond acceptors (Lipinski definition) is 5. The zero-order valence-corrected chi connectivity index (χ0v) is 17.2. The molecule has 1 N–H and O–H groups in total. The van der Waals surface area contributed by atoms with Gasteiger partial charge < -0.3 is 9.84 Å². The second-order valence-electron chi connectivity index (χ2n) is 8.17. The molecule has 0 spiro atoms. The maximum atomic E-state index is 9.11. The van der Waals surface area contributed by atoms with E-state index in [-0.39, 0.29) is 6.61 Å². The topological polar surface area (TPSA) is 39.2 Å². The number of β-amino-alcohol motifs (C(OH)–C–C–N with tert-alkyl or cyclic N) is 1. The number of nitrogens with zero attached hydrogens (tertiary/aromatic N) is 3. The van der Waals surface area contributed by atoms with Crippen molar-refractivity contribution in [2.24, 2.45) is 0 Å². The molecule has 2 aliphatic rings. The largest absolute Gasteiger partial charge is 0.457 e. The maximum absolute atomic E-state index is 9.11. The van der Waals surface area contributed by atoms with Crippen LogP contribution in [-0.2, 0) is 6.54 Å². The molecule has 0 unspecified atom stereocenters. The molecule has 2 fully saturated rings. The number of likely N-dealkylation sites (tertiary alicyclic amines) is 1. The molecular weight excluding hydrogens is 362 g/mol. The van der Waals surface area contributed by atoms with Gasteiger partial charge in [-0.3, -0.25) is 14.7 Å². The Hall–Kier alpha value is -1.92. The van der Waals surface area contributed by atoms with Crippen LogP contribution in [0.25, 0.3) is 0 Å². The van der Waals surface area contributed by atoms with Crippen LogP contribution < -0.4 is 4.74 Å². The third-order valence-electron chi connectivity index (χ3n) is 6.18. The first-order valence-corrected chi connectivity index (χ1v) is 10.9. The summed E-state index contributed by atoms with van der Waals surface area (Å²) < 4.78 is 5.99. The molecule has 0 amide bonds. The lowest BCUT2D eigenvalue weighted by molar-refractivity contribution is 0.0516. The van der Waals surface area contributed by atoms with Crippen molar-refractivity contribution < 1.29 is 9.84 Å². The summed E-state index contributed by atoms with van der Waals surface area (Å²) in [6.07, 6.45) is 2.50. The highest BCUT2D eigenvalue weighted by atomic mass is 16.5. The molecule has 0 atom stereocenters. The van der Waals surface area contributed by atoms with Gasteiger partial charge in [0.25, 0.3) is 0 Å². The number of rotatable bonds is 7. The zero-order chi connectivity index (χ0) is 19.9. The average Bonchev–Trinajstić information content (AvgIpc) is 2.76. The Bertz CT molecular complexity index is 739. The second-order valence-corrected chi connectivity index (χ2v) is 8.17. The lowest BCUT2D eigenvalue weighted by Crippen LogP contribution is -2.53. The van der Waals surface area contributed by atoms with Crippen molar-refractivity contribution in [3.8, 4) is 11.5 Å². The molecule has 29 heavy (non-hydrogen) atoms. The Labute approximate surface area is 174 Å². The summed E-state index contributed by atoms with van der Waals surface area (Å²) >= 11 is 0. The average molecular weight is 396 g/mol. The number of ether oxygens (including phenoxy) is 1. The molecule has 4 rings (SSSR count). The van der Waals surface area contributed by atoms with Crippen LogP contribution in [0, 0.1) is 0 Å². The van der Waals surface area contributed by atoms with Crippen molar-refractivity contribution in [1.82, 2.24) is 14.7 Å². The van der Waals surface area contributed by atoms with Crippen LogP contribution in [0.15, 0.2) is 54.6 Å². The monoisotopic (exact) mass is 395 g/mol. The first-order chi connectivity index (χ1) is 14.3. The van der Waals surface area contributed by atoms with Gasteiger partial charge in [-0.2, -0.15) is 0 Å². The predicted molar refractivity (Wildman–Crippen MR) is 116 cm³/mol. The number of aliphatic hydroxyl groups is 1. The van der Waals surface area contributed by atoms with Crippen molar-refractivity contribution >= 4 is 0 Å². The van der Waals surface area contributed by atoms with Crippen molar-refractivity contribution in [2.45, 2.75) is 25.4 Å². The van der Waals surface area contributed by atoms with Crippen molar-refractivity contribution in [3.63, 3.8) is 0 Å². The van der Waals surface area contributed by atoms with Crippen molar-refractivity contribution in [2.75, 3.05) is 52.4 Å². The van der Waals surface area contributed by atoms with Gasteiger partial charge in [0.05, 0.1) is 6.61 Å². The molecule has 0 aromatic heterocycles. The van der Waals surface area contributed by atoms with Crippen LogP contribution in [0.4, 0.5) is 0 Å². The summed E-state index contributed by atoms with van der Waals surface area (Å²) in [6, 6.07) is 19.2. The highest BCUT2D eigenvalue weighted by Crippen LogP contribution is 2.24. The Morgan fingerprint density at radius 2 is 1.52 bits per heavy atom. The molecule has 0 radical (unpaired) electrons. The second kappa shape index (κ2) is 10.2. The van der Waals surface area contributed by atoms with E-state index in [0.717, 1.165) is 69.9 Å². The molecule has 2 aromatic carbocycles. The van der Waals surface area contributed by atoms with E-state index in [0.29, 0.717) is 0 Å². The van der Waals surface area contributed by atoms with Crippen LogP contribution in [0.2, 0.25) is 0 Å². The van der Waals surface area contributed by atoms with E-state index in [4.69, 9.17) is 9.84 Å². The molecule has 0 bridgehead atoms. The maximum Gasteiger partial charge on any atom is 0.127 e. The minimum absolute atomic E-state index is 0.274. The molecule has 5 heteroatoms. The summed E-state index contributed by atoms with van der Waals surface area (Å²) in [5.41, 5.74) is 1.31. The summed E-state index contributed by atoms with van der Waals surface area (Å²) in [7, 11) is 0. The molecule has 156 valence electrons. The first-order valence-electron chi connectivity index (χ1n) is 10.9. The van der Waals surface area contributed by atoms with Gasteiger partial charge in [0.15, 0.2) is 0 Å². The summed E-state index contributed by atoms with van der Waals surface area (Å²) in [5.74, 6) is 1.79. The van der Waals surface area contributed by atoms with Crippen molar-refractivity contribution in [3.05, 3.63) is 60.2 Å². The van der Waals surface area contributed by atoms with Crippen LogP contribution in [0.3, 0.4) is 0 Å². The molecule has 2 aromatic rings. The third kappa shape index (κ3) is 5.80. The van der Waals surface area contributed by atoms with E-state index in [9.17, 15) is 0 Å². The number of benzene rings is 2. The quantitative estimate of drug-likeness (QED) is 0.780. The Kier molecular flexibility index (Phi) is 7.17. The lowest BCUT2D eigenvalue weighted by Gasteiger charge is -2.42. The highest BCUT2D eigenvalue weighted by Gasteiger charge is 2.27. The van der Waals surface area contributed by atoms with E-state index in [2.05, 4.69) is 32.9 Å². The van der Waals surface area contributed by atoms with Crippen LogP contribution >= 0.6 is 0 Å². The number of para-hydroxylation sites is 1. The molecular formula is C24H33N3O2. The lowest BCUT2D eigenvalue weighted by atomic mass is 10.0. The first kappa shape index (κ1) is 20.4. The van der Waals surface area contributed by atoms with Gasteiger partial charge in [0.2, 0.25) is 0 Å². The van der Waals surface area contributed by atoms with Gasteiger partial charge in [-0.15, -0.1) is 0 Å². The number of aliphatic hydroxyl groups excluding tert-OH is 1. The number of hydrogen-bond donors (Lipinski definition) is 1. The van der Waals surface area contributed by atoms with E-state index >= 15 is 0 Å². The van der Waals surface area contributed by atoms with Gasteiger partial charge in [-0.05, 0) is 55.8 Å². The fourth-order valence-electron chi connectivity index (χ4n) is 4.53. The number of piperazine rings is 1. The van der Waals surface area contributed by atoms with E-state index in [1.807, 2.05) is 36.4 Å². The van der Waals surface area contributed by atoms with E-state index < -0.39 is 0 Å². The predicted octanol–water partition coefficient (Wildman–Crippen LogP) is 3.05. The van der Waals surface area contributed by atoms with Crippen LogP contribution in [0.1, 0.15) is 18.4 Å². The van der Waals surface area contributed by atoms with Gasteiger partial charge >= 0.3 is 0 Å². The fraction of sp³-hybridized carbons (Fsp3) is 0.500. The minimum atomic E-state index is 0.274. The minimum Gasteiger partial charge on any atom is -0.457 e. The molecule has 2 saturated heterocycles. The van der Waals surface area contributed by atoms with Gasteiger partial charge in [-0.25, -0.2) is 0 Å². The summed E-state index contributed by atoms with van der Waals surface area (Å²) in [6.45, 7) is 8.87. The van der Waals surface area contributed by atoms with Crippen LogP contribution in [0.5, 0.6) is 11.5 Å². The molecule has 0 aliphatic carbocycles. The van der Waals surface area contributed by atoms with Crippen LogP contribution in [-0.4, -0.2) is 78.3 Å². The molecule has 0 saturated carbocycles. The normalized spacial score (nSPS) is 20.0. The van der Waals surface area contributed by atoms with Crippen molar-refractivity contribution in [1.29, 1.82) is 0 Å². The van der Waals surface area contributed by atoms with Gasteiger partial charge in [0.1, 0.15) is 11.5 Å². The molecule has 2 aliphatic heterocycles.